The zero-order valence-electron chi connectivity index (χ0n) is 18.4. The van der Waals surface area contributed by atoms with E-state index in [-0.39, 0.29) is 55.6 Å². The van der Waals surface area contributed by atoms with Gasteiger partial charge in [0.2, 0.25) is 11.8 Å². The Bertz CT molecular complexity index is 818. The molecule has 0 aromatic rings. The Kier molecular flexibility index (Phi) is 9.80. The lowest BCUT2D eigenvalue weighted by molar-refractivity contribution is -0.161. The van der Waals surface area contributed by atoms with Crippen molar-refractivity contribution in [1.82, 2.24) is 14.5 Å². The van der Waals surface area contributed by atoms with Gasteiger partial charge in [0.1, 0.15) is 5.70 Å². The molecule has 5 unspecified atom stereocenters. The SMILES string of the molecule is C[C@@H](OP(P)P)[C@H]1C(=O)N2C(C(=O)OPP)=C(S[C@H]3C[C@@H](C(=O)N(C)C)N(P)C3)[C@H](C)[C@H]12. The molecule has 0 aromatic heterocycles. The Labute approximate surface area is 206 Å². The Hall–Kier alpha value is 1.00. The van der Waals surface area contributed by atoms with Crippen LogP contribution >= 0.6 is 64.0 Å². The first-order valence-electron chi connectivity index (χ1n) is 10.1. The summed E-state index contributed by atoms with van der Waals surface area (Å²) in [6.45, 7) is 4.69. The molecule has 8 nitrogen and oxygen atoms in total. The van der Waals surface area contributed by atoms with Crippen LogP contribution in [0.3, 0.4) is 0 Å². The Balaban J connectivity index is 1.84. The van der Waals surface area contributed by atoms with Crippen LogP contribution in [0.1, 0.15) is 20.3 Å². The smallest absolute Gasteiger partial charge is 0.358 e. The second-order valence-corrected chi connectivity index (χ2v) is 17.3. The molecule has 32 heavy (non-hydrogen) atoms. The minimum atomic E-state index is -0.762. The topological polar surface area (TPSA) is 79.4 Å². The van der Waals surface area contributed by atoms with E-state index in [0.717, 1.165) is 4.91 Å². The number of hydrogen-bond donors (Lipinski definition) is 0. The molecule has 2 saturated heterocycles. The zero-order chi connectivity index (χ0) is 23.9. The molecule has 0 aliphatic carbocycles. The number of β-lactam (4-membered cyclic amide) rings is 1. The van der Waals surface area contributed by atoms with Crippen LogP contribution in [0.2, 0.25) is 0 Å². The molecule has 0 radical (unpaired) electrons. The fourth-order valence-electron chi connectivity index (χ4n) is 4.64. The van der Waals surface area contributed by atoms with Crippen LogP contribution in [0.25, 0.3) is 0 Å². The van der Waals surface area contributed by atoms with Crippen LogP contribution in [0, 0.1) is 11.8 Å². The van der Waals surface area contributed by atoms with Gasteiger partial charge >= 0.3 is 5.97 Å². The molecule has 0 saturated carbocycles. The molecule has 2 fully saturated rings. The Morgan fingerprint density at radius 2 is 2.00 bits per heavy atom. The van der Waals surface area contributed by atoms with Crippen LogP contribution in [0.5, 0.6) is 0 Å². The first kappa shape index (κ1) is 27.6. The van der Waals surface area contributed by atoms with E-state index in [2.05, 4.69) is 43.1 Å². The zero-order valence-corrected chi connectivity index (χ0v) is 25.8. The van der Waals surface area contributed by atoms with E-state index in [1.165, 1.54) is 0 Å². The van der Waals surface area contributed by atoms with E-state index >= 15 is 0 Å². The van der Waals surface area contributed by atoms with Gasteiger partial charge in [-0.2, -0.15) is 0 Å². The minimum Gasteiger partial charge on any atom is -0.440 e. The largest absolute Gasteiger partial charge is 0.440 e. The van der Waals surface area contributed by atoms with Gasteiger partial charge < -0.3 is 18.8 Å². The van der Waals surface area contributed by atoms with E-state index < -0.39 is 13.5 Å². The predicted octanol–water partition coefficient (Wildman–Crippen LogP) is 3.04. The van der Waals surface area contributed by atoms with Crippen molar-refractivity contribution in [2.75, 3.05) is 20.6 Å². The van der Waals surface area contributed by atoms with Crippen molar-refractivity contribution in [3.05, 3.63) is 10.6 Å². The third-order valence-corrected chi connectivity index (χ3v) is 10.1. The second-order valence-electron chi connectivity index (χ2n) is 8.32. The standard InChI is InChI=1S/C17H31N3O5P6S/c1-7-12-11(8(2)25-31(28)29)16(22)20(12)13(17(23)24-30-27)14(7)32-9-5-10(19(26)6-9)15(21)18(3)4/h7-12,30H,5-6,26-29H2,1-4H3/t7-,8-,9+,10+,11-,12-/m1/s1. The molecule has 3 aliphatic rings. The van der Waals surface area contributed by atoms with Gasteiger partial charge in [0.05, 0.1) is 40.1 Å². The summed E-state index contributed by atoms with van der Waals surface area (Å²) in [5.74, 6) is -0.782. The lowest BCUT2D eigenvalue weighted by Crippen LogP contribution is -2.63. The van der Waals surface area contributed by atoms with Crippen molar-refractivity contribution in [3.63, 3.8) is 0 Å². The molecule has 3 rings (SSSR count). The highest BCUT2D eigenvalue weighted by molar-refractivity contribution is 8.41. The molecule has 180 valence electrons. The number of nitrogens with zero attached hydrogens (tertiary/aromatic N) is 3. The Morgan fingerprint density at radius 1 is 1.34 bits per heavy atom. The van der Waals surface area contributed by atoms with Gasteiger partial charge in [-0.15, -0.1) is 11.8 Å². The lowest BCUT2D eigenvalue weighted by Gasteiger charge is -2.47. The Morgan fingerprint density at radius 3 is 2.56 bits per heavy atom. The van der Waals surface area contributed by atoms with Gasteiger partial charge in [-0.3, -0.25) is 14.3 Å². The second kappa shape index (κ2) is 11.4. The van der Waals surface area contributed by atoms with Crippen molar-refractivity contribution in [1.29, 1.82) is 0 Å². The molecular weight excluding hydrogens is 544 g/mol. The van der Waals surface area contributed by atoms with Crippen molar-refractivity contribution in [3.8, 4) is 0 Å². The van der Waals surface area contributed by atoms with Crippen molar-refractivity contribution in [2.24, 2.45) is 11.8 Å². The van der Waals surface area contributed by atoms with E-state index in [1.54, 1.807) is 35.7 Å². The molecule has 0 spiro atoms. The lowest BCUT2D eigenvalue weighted by atomic mass is 9.79. The van der Waals surface area contributed by atoms with Gasteiger partial charge in [-0.1, -0.05) is 43.1 Å². The third-order valence-electron chi connectivity index (χ3n) is 6.05. The van der Waals surface area contributed by atoms with Gasteiger partial charge in [0.25, 0.3) is 0 Å². The maximum Gasteiger partial charge on any atom is 0.358 e. The molecule has 11 atom stereocenters. The average molecular weight is 575 g/mol. The fraction of sp³-hybridized carbons (Fsp3) is 0.706. The van der Waals surface area contributed by atoms with E-state index in [4.69, 9.17) is 9.05 Å². The summed E-state index contributed by atoms with van der Waals surface area (Å²) in [5, 5.41) is 0.132. The van der Waals surface area contributed by atoms with Gasteiger partial charge in [0.15, 0.2) is 0 Å². The predicted molar refractivity (Wildman–Crippen MR) is 146 cm³/mol. The maximum atomic E-state index is 13.1. The third kappa shape index (κ3) is 5.38. The minimum absolute atomic E-state index is 0.00838. The number of thioether (sulfide) groups is 1. The number of rotatable bonds is 8. The quantitative estimate of drug-likeness (QED) is 0.325. The summed E-state index contributed by atoms with van der Waals surface area (Å²) in [4.78, 5) is 42.6. The van der Waals surface area contributed by atoms with Crippen LogP contribution in [-0.2, 0) is 23.4 Å². The van der Waals surface area contributed by atoms with Crippen LogP contribution in [0.4, 0.5) is 0 Å². The average Bonchev–Trinajstić information content (AvgIpc) is 3.17. The number of amides is 2. The van der Waals surface area contributed by atoms with Gasteiger partial charge in [-0.05, 0) is 13.3 Å². The molecule has 0 N–H and O–H groups in total. The van der Waals surface area contributed by atoms with Crippen LogP contribution in [0.15, 0.2) is 10.6 Å². The molecule has 3 heterocycles. The molecule has 0 bridgehead atoms. The number of fused-ring (bicyclic) bond motifs is 1. The molecule has 3 aliphatic heterocycles. The first-order valence-corrected chi connectivity index (χ1v) is 18.7. The normalized spacial score (nSPS) is 31.5. The molecule has 2 amide bonds. The summed E-state index contributed by atoms with van der Waals surface area (Å²) in [5.41, 5.74) is 0.368. The first-order chi connectivity index (χ1) is 15.0. The summed E-state index contributed by atoms with van der Waals surface area (Å²) < 4.78 is 13.2. The molecule has 15 heteroatoms. The maximum absolute atomic E-state index is 13.1. The number of hydrogen-bond acceptors (Lipinski definition) is 7. The van der Waals surface area contributed by atoms with Crippen molar-refractivity contribution in [2.45, 2.75) is 43.7 Å². The van der Waals surface area contributed by atoms with Crippen molar-refractivity contribution >= 4 is 81.7 Å². The van der Waals surface area contributed by atoms with Gasteiger partial charge in [0, 0.05) is 36.7 Å². The summed E-state index contributed by atoms with van der Waals surface area (Å²) in [6, 6.07) is -0.329. The van der Waals surface area contributed by atoms with E-state index in [9.17, 15) is 14.4 Å². The summed E-state index contributed by atoms with van der Waals surface area (Å²) >= 11 is 1.61. The monoisotopic (exact) mass is 575 g/mol. The molecule has 0 aromatic carbocycles. The number of likely N-dealkylation sites (N-methyl/N-ethyl adjacent to an activating group) is 1. The highest BCUT2D eigenvalue weighted by Gasteiger charge is 2.61. The van der Waals surface area contributed by atoms with E-state index in [0.29, 0.717) is 18.7 Å². The summed E-state index contributed by atoms with van der Waals surface area (Å²) in [7, 11) is 13.0. The van der Waals surface area contributed by atoms with E-state index in [1.807, 2.05) is 11.6 Å². The van der Waals surface area contributed by atoms with Gasteiger partial charge in [-0.25, -0.2) is 4.79 Å². The molecular formula is C17H31N3O5P6S. The van der Waals surface area contributed by atoms with Crippen LogP contribution < -0.4 is 0 Å². The van der Waals surface area contributed by atoms with Crippen LogP contribution in [-0.4, -0.2) is 76.3 Å². The van der Waals surface area contributed by atoms with Crippen molar-refractivity contribution < 1.29 is 23.4 Å². The highest BCUT2D eigenvalue weighted by Crippen LogP contribution is 2.58. The number of carbonyl (C=O) groups excluding carboxylic acids is 3. The summed E-state index contributed by atoms with van der Waals surface area (Å²) in [6.07, 6.45) is 0.440. The fourth-order valence-corrected chi connectivity index (χ4v) is 9.02. The number of carbonyl (C=O) groups is 3. The highest BCUT2D eigenvalue weighted by atomic mass is 32.4.